The maximum Gasteiger partial charge on any atom is 0.237 e. The van der Waals surface area contributed by atoms with Crippen molar-refractivity contribution >= 4 is 11.8 Å². The Morgan fingerprint density at radius 1 is 1.09 bits per heavy atom. The molecule has 1 aliphatic carbocycles. The van der Waals surface area contributed by atoms with Gasteiger partial charge >= 0.3 is 0 Å². The molecular weight excluding hydrogens is 414 g/mol. The molecule has 2 aromatic rings. The van der Waals surface area contributed by atoms with Crippen molar-refractivity contribution in [3.8, 4) is 5.75 Å². The molecule has 1 unspecified atom stereocenters. The highest BCUT2D eigenvalue weighted by molar-refractivity contribution is 5.82. The Balaban J connectivity index is 1.63. The average Bonchev–Trinajstić information content (AvgIpc) is 3.66. The van der Waals surface area contributed by atoms with Gasteiger partial charge in [-0.15, -0.1) is 0 Å². The highest BCUT2D eigenvalue weighted by atomic mass is 16.5. The summed E-state index contributed by atoms with van der Waals surface area (Å²) in [7, 11) is 0. The molecule has 0 aliphatic heterocycles. The van der Waals surface area contributed by atoms with E-state index in [0.29, 0.717) is 12.5 Å². The van der Waals surface area contributed by atoms with Crippen molar-refractivity contribution in [2.45, 2.75) is 58.0 Å². The van der Waals surface area contributed by atoms with E-state index in [2.05, 4.69) is 24.5 Å². The number of hydrogen-bond acceptors (Lipinski definition) is 4. The van der Waals surface area contributed by atoms with E-state index in [1.54, 1.807) is 0 Å². The second kappa shape index (κ2) is 12.4. The summed E-state index contributed by atoms with van der Waals surface area (Å²) >= 11 is 0. The Bertz CT molecular complexity index is 881. The molecule has 0 radical (unpaired) electrons. The van der Waals surface area contributed by atoms with Crippen LogP contribution in [-0.4, -0.2) is 31.0 Å². The molecule has 3 rings (SSSR count). The first kappa shape index (κ1) is 24.8. The van der Waals surface area contributed by atoms with Crippen LogP contribution >= 0.6 is 0 Å². The lowest BCUT2D eigenvalue weighted by Crippen LogP contribution is -2.45. The minimum atomic E-state index is -0.480. The van der Waals surface area contributed by atoms with Gasteiger partial charge < -0.3 is 21.1 Å². The zero-order valence-corrected chi connectivity index (χ0v) is 19.8. The first-order chi connectivity index (χ1) is 16.0. The molecule has 0 saturated heterocycles. The molecule has 2 amide bonds. The predicted octanol–water partition coefficient (Wildman–Crippen LogP) is 3.76. The van der Waals surface area contributed by atoms with Crippen molar-refractivity contribution in [1.29, 1.82) is 0 Å². The predicted molar refractivity (Wildman–Crippen MR) is 131 cm³/mol. The molecule has 178 valence electrons. The van der Waals surface area contributed by atoms with Crippen LogP contribution in [-0.2, 0) is 16.0 Å². The standard InChI is InChI=1S/C27H37N3O3/c1-3-7-19(2)18-33-23-14-12-21(13-15-23)24(17-29-27(32)26(28)22-10-11-22)30-25(31)16-20-8-5-4-6-9-20/h4-6,8-9,12-15,19,22,24,26H,3,7,10-11,16-18,28H2,1-2H3,(H,29,32)(H,30,31)/t19?,24-,26+/m0/s1. The van der Waals surface area contributed by atoms with Crippen molar-refractivity contribution in [2.24, 2.45) is 17.6 Å². The lowest BCUT2D eigenvalue weighted by Gasteiger charge is -2.22. The third-order valence-electron chi connectivity index (χ3n) is 6.05. The zero-order valence-electron chi connectivity index (χ0n) is 19.8. The molecule has 2 aromatic carbocycles. The van der Waals surface area contributed by atoms with Crippen LogP contribution in [0.5, 0.6) is 5.75 Å². The molecule has 1 fully saturated rings. The van der Waals surface area contributed by atoms with E-state index in [-0.39, 0.29) is 36.7 Å². The summed E-state index contributed by atoms with van der Waals surface area (Å²) in [6, 6.07) is 16.5. The summed E-state index contributed by atoms with van der Waals surface area (Å²) < 4.78 is 5.90. The Labute approximate surface area is 197 Å². The number of amides is 2. The van der Waals surface area contributed by atoms with Crippen LogP contribution in [0.4, 0.5) is 0 Å². The lowest BCUT2D eigenvalue weighted by atomic mass is 10.0. The van der Waals surface area contributed by atoms with Gasteiger partial charge in [0.2, 0.25) is 11.8 Å². The van der Waals surface area contributed by atoms with Crippen LogP contribution in [0.2, 0.25) is 0 Å². The molecule has 1 saturated carbocycles. The molecule has 0 heterocycles. The van der Waals surface area contributed by atoms with E-state index >= 15 is 0 Å². The van der Waals surface area contributed by atoms with E-state index in [0.717, 1.165) is 42.6 Å². The quantitative estimate of drug-likeness (QED) is 0.432. The number of benzene rings is 2. The normalized spacial score (nSPS) is 15.8. The van der Waals surface area contributed by atoms with Gasteiger partial charge in [-0.1, -0.05) is 62.7 Å². The second-order valence-electron chi connectivity index (χ2n) is 9.16. The van der Waals surface area contributed by atoms with Crippen molar-refractivity contribution in [3.05, 3.63) is 65.7 Å². The summed E-state index contributed by atoms with van der Waals surface area (Å²) in [5.74, 6) is 1.33. The fourth-order valence-electron chi connectivity index (χ4n) is 3.88. The summed E-state index contributed by atoms with van der Waals surface area (Å²) in [5, 5.41) is 6.00. The number of carbonyl (C=O) groups excluding carboxylic acids is 2. The van der Waals surface area contributed by atoms with E-state index in [4.69, 9.17) is 10.5 Å². The molecule has 6 heteroatoms. The molecule has 6 nitrogen and oxygen atoms in total. The van der Waals surface area contributed by atoms with Crippen molar-refractivity contribution in [1.82, 2.24) is 10.6 Å². The highest BCUT2D eigenvalue weighted by Gasteiger charge is 2.33. The molecule has 3 atom stereocenters. The number of hydrogen-bond donors (Lipinski definition) is 3. The fraction of sp³-hybridized carbons (Fsp3) is 0.481. The Morgan fingerprint density at radius 3 is 2.42 bits per heavy atom. The number of nitrogens with two attached hydrogens (primary N) is 1. The molecule has 4 N–H and O–H groups in total. The van der Waals surface area contributed by atoms with Crippen LogP contribution in [0, 0.1) is 11.8 Å². The van der Waals surface area contributed by atoms with E-state index in [9.17, 15) is 9.59 Å². The van der Waals surface area contributed by atoms with E-state index in [1.807, 2.05) is 54.6 Å². The molecule has 0 spiro atoms. The first-order valence-corrected chi connectivity index (χ1v) is 12.1. The van der Waals surface area contributed by atoms with Gasteiger partial charge in [0.25, 0.3) is 0 Å². The average molecular weight is 452 g/mol. The maximum absolute atomic E-state index is 12.7. The summed E-state index contributed by atoms with van der Waals surface area (Å²) in [5.41, 5.74) is 7.89. The van der Waals surface area contributed by atoms with Gasteiger partial charge in [0.15, 0.2) is 0 Å². The largest absolute Gasteiger partial charge is 0.493 e. The minimum Gasteiger partial charge on any atom is -0.493 e. The smallest absolute Gasteiger partial charge is 0.237 e. The molecule has 0 aromatic heterocycles. The van der Waals surface area contributed by atoms with Crippen LogP contribution in [0.1, 0.15) is 56.7 Å². The first-order valence-electron chi connectivity index (χ1n) is 12.1. The highest BCUT2D eigenvalue weighted by Crippen LogP contribution is 2.31. The van der Waals surface area contributed by atoms with Gasteiger partial charge in [0, 0.05) is 6.54 Å². The SMILES string of the molecule is CCCC(C)COc1ccc([C@H](CNC(=O)[C@H](N)C2CC2)NC(=O)Cc2ccccc2)cc1. The summed E-state index contributed by atoms with van der Waals surface area (Å²) in [6.45, 7) is 5.33. The number of nitrogens with one attached hydrogen (secondary N) is 2. The minimum absolute atomic E-state index is 0.0966. The number of carbonyl (C=O) groups is 2. The Hall–Kier alpha value is -2.86. The third kappa shape index (κ3) is 8.21. The Kier molecular flexibility index (Phi) is 9.31. The fourth-order valence-corrected chi connectivity index (χ4v) is 3.88. The van der Waals surface area contributed by atoms with E-state index < -0.39 is 6.04 Å². The van der Waals surface area contributed by atoms with Crippen LogP contribution in [0.3, 0.4) is 0 Å². The van der Waals surface area contributed by atoms with Gasteiger partial charge in [-0.05, 0) is 54.4 Å². The zero-order chi connectivity index (χ0) is 23.6. The third-order valence-corrected chi connectivity index (χ3v) is 6.05. The topological polar surface area (TPSA) is 93.4 Å². The van der Waals surface area contributed by atoms with Gasteiger partial charge in [-0.2, -0.15) is 0 Å². The molecule has 1 aliphatic rings. The lowest BCUT2D eigenvalue weighted by molar-refractivity contribution is -0.124. The number of ether oxygens (including phenoxy) is 1. The van der Waals surface area contributed by atoms with Gasteiger partial charge in [0.05, 0.1) is 25.1 Å². The van der Waals surface area contributed by atoms with Crippen LogP contribution in [0.15, 0.2) is 54.6 Å². The molecule has 33 heavy (non-hydrogen) atoms. The van der Waals surface area contributed by atoms with Crippen molar-refractivity contribution in [2.75, 3.05) is 13.2 Å². The summed E-state index contributed by atoms with van der Waals surface area (Å²) in [6.07, 6.45) is 4.57. The second-order valence-corrected chi connectivity index (χ2v) is 9.16. The van der Waals surface area contributed by atoms with Crippen LogP contribution < -0.4 is 21.1 Å². The van der Waals surface area contributed by atoms with Crippen LogP contribution in [0.25, 0.3) is 0 Å². The van der Waals surface area contributed by atoms with Gasteiger partial charge in [-0.25, -0.2) is 0 Å². The Morgan fingerprint density at radius 2 is 1.79 bits per heavy atom. The van der Waals surface area contributed by atoms with Gasteiger partial charge in [-0.3, -0.25) is 9.59 Å². The number of rotatable bonds is 13. The van der Waals surface area contributed by atoms with E-state index in [1.165, 1.54) is 0 Å². The molecule has 0 bridgehead atoms. The monoisotopic (exact) mass is 451 g/mol. The summed E-state index contributed by atoms with van der Waals surface area (Å²) in [4.78, 5) is 25.2. The molecular formula is C27H37N3O3. The van der Waals surface area contributed by atoms with Crippen molar-refractivity contribution < 1.29 is 14.3 Å². The maximum atomic E-state index is 12.7. The van der Waals surface area contributed by atoms with Gasteiger partial charge in [0.1, 0.15) is 5.75 Å². The van der Waals surface area contributed by atoms with Crippen molar-refractivity contribution in [3.63, 3.8) is 0 Å².